The van der Waals surface area contributed by atoms with Crippen LogP contribution in [-0.4, -0.2) is 30.3 Å². The molecule has 0 unspecified atom stereocenters. The predicted octanol–water partition coefficient (Wildman–Crippen LogP) is 2.83. The number of aromatic nitrogens is 1. The molecule has 0 spiro atoms. The number of ether oxygens (including phenoxy) is 3. The van der Waals surface area contributed by atoms with Crippen molar-refractivity contribution in [2.75, 3.05) is 19.8 Å². The highest BCUT2D eigenvalue weighted by Crippen LogP contribution is 2.35. The third kappa shape index (κ3) is 3.30. The maximum atomic E-state index is 12.2. The van der Waals surface area contributed by atoms with Crippen LogP contribution in [0.1, 0.15) is 5.56 Å². The molecule has 2 aromatic carbocycles. The zero-order valence-corrected chi connectivity index (χ0v) is 15.3. The van der Waals surface area contributed by atoms with E-state index in [-0.39, 0.29) is 12.5 Å². The Balaban J connectivity index is 1.57. The van der Waals surface area contributed by atoms with E-state index in [2.05, 4.69) is 4.99 Å². The van der Waals surface area contributed by atoms with Gasteiger partial charge in [0.05, 0.1) is 10.2 Å². The summed E-state index contributed by atoms with van der Waals surface area (Å²) in [5.74, 6) is 1.77. The molecule has 1 aliphatic rings. The Morgan fingerprint density at radius 1 is 1.19 bits per heavy atom. The van der Waals surface area contributed by atoms with Crippen molar-refractivity contribution in [2.45, 2.75) is 6.92 Å². The standard InChI is InChI=1S/C19H18N2O4S/c1-12-3-5-13(6-4-12)25-11-18(22)20-19-21(2)14-9-15-16(10-17(14)26-19)24-8-7-23-15/h3-6,9-10H,7-8,11H2,1-2H3. The van der Waals surface area contributed by atoms with Crippen LogP contribution in [0.2, 0.25) is 0 Å². The molecule has 2 heterocycles. The van der Waals surface area contributed by atoms with Gasteiger partial charge >= 0.3 is 0 Å². The van der Waals surface area contributed by atoms with Crippen molar-refractivity contribution in [1.82, 2.24) is 4.57 Å². The summed E-state index contributed by atoms with van der Waals surface area (Å²) in [4.78, 5) is 17.0. The Hall–Kier alpha value is -2.80. The summed E-state index contributed by atoms with van der Waals surface area (Å²) < 4.78 is 19.6. The van der Waals surface area contributed by atoms with Crippen LogP contribution in [0, 0.1) is 6.92 Å². The lowest BCUT2D eigenvalue weighted by molar-refractivity contribution is -0.120. The molecule has 1 amide bonds. The van der Waals surface area contributed by atoms with Crippen LogP contribution in [0.5, 0.6) is 17.2 Å². The summed E-state index contributed by atoms with van der Waals surface area (Å²) in [5.41, 5.74) is 2.09. The Kier molecular flexibility index (Phi) is 4.38. The van der Waals surface area contributed by atoms with Crippen molar-refractivity contribution >= 4 is 27.5 Å². The molecule has 1 aliphatic heterocycles. The maximum absolute atomic E-state index is 12.2. The molecular formula is C19H18N2O4S. The molecule has 0 aliphatic carbocycles. The fourth-order valence-corrected chi connectivity index (χ4v) is 3.74. The summed E-state index contributed by atoms with van der Waals surface area (Å²) in [6.45, 7) is 2.99. The lowest BCUT2D eigenvalue weighted by Crippen LogP contribution is -2.17. The lowest BCUT2D eigenvalue weighted by atomic mass is 10.2. The molecule has 3 aromatic rings. The van der Waals surface area contributed by atoms with Crippen molar-refractivity contribution in [3.05, 3.63) is 46.8 Å². The molecule has 7 heteroatoms. The molecule has 0 radical (unpaired) electrons. The highest BCUT2D eigenvalue weighted by Gasteiger charge is 2.15. The second-order valence-electron chi connectivity index (χ2n) is 6.01. The second kappa shape index (κ2) is 6.84. The lowest BCUT2D eigenvalue weighted by Gasteiger charge is -2.18. The fraction of sp³-hybridized carbons (Fsp3) is 0.263. The zero-order chi connectivity index (χ0) is 18.1. The van der Waals surface area contributed by atoms with E-state index < -0.39 is 0 Å². The van der Waals surface area contributed by atoms with E-state index in [1.165, 1.54) is 11.3 Å². The van der Waals surface area contributed by atoms with Crippen molar-refractivity contribution in [2.24, 2.45) is 12.0 Å². The number of aryl methyl sites for hydroxylation is 2. The van der Waals surface area contributed by atoms with Gasteiger partial charge in [-0.25, -0.2) is 0 Å². The number of benzene rings is 2. The van der Waals surface area contributed by atoms with Gasteiger partial charge in [0.15, 0.2) is 22.9 Å². The molecule has 1 aromatic heterocycles. The van der Waals surface area contributed by atoms with Gasteiger partial charge in [-0.3, -0.25) is 4.79 Å². The second-order valence-corrected chi connectivity index (χ2v) is 7.02. The van der Waals surface area contributed by atoms with E-state index >= 15 is 0 Å². The summed E-state index contributed by atoms with van der Waals surface area (Å²) in [5, 5.41) is 0. The van der Waals surface area contributed by atoms with Crippen molar-refractivity contribution in [1.29, 1.82) is 0 Å². The molecule has 6 nitrogen and oxygen atoms in total. The molecule has 0 atom stereocenters. The van der Waals surface area contributed by atoms with Crippen LogP contribution in [-0.2, 0) is 11.8 Å². The van der Waals surface area contributed by atoms with Crippen molar-refractivity contribution in [3.63, 3.8) is 0 Å². The normalized spacial score (nSPS) is 13.8. The van der Waals surface area contributed by atoms with E-state index in [0.717, 1.165) is 27.3 Å². The van der Waals surface area contributed by atoms with Gasteiger partial charge in [-0.1, -0.05) is 29.0 Å². The number of nitrogens with zero attached hydrogens (tertiary/aromatic N) is 2. The van der Waals surface area contributed by atoms with E-state index in [9.17, 15) is 4.79 Å². The third-order valence-electron chi connectivity index (χ3n) is 4.08. The van der Waals surface area contributed by atoms with Gasteiger partial charge in [0.2, 0.25) is 0 Å². The minimum Gasteiger partial charge on any atom is -0.486 e. The van der Waals surface area contributed by atoms with Crippen LogP contribution >= 0.6 is 11.3 Å². The number of hydrogen-bond donors (Lipinski definition) is 0. The first-order valence-electron chi connectivity index (χ1n) is 8.26. The first-order chi connectivity index (χ1) is 12.6. The summed E-state index contributed by atoms with van der Waals surface area (Å²) in [6, 6.07) is 11.4. The summed E-state index contributed by atoms with van der Waals surface area (Å²) in [6.07, 6.45) is 0. The van der Waals surface area contributed by atoms with Gasteiger partial charge in [0, 0.05) is 19.2 Å². The predicted molar refractivity (Wildman–Crippen MR) is 99.0 cm³/mol. The quantitative estimate of drug-likeness (QED) is 0.711. The average molecular weight is 370 g/mol. The van der Waals surface area contributed by atoms with E-state index in [0.29, 0.717) is 23.8 Å². The van der Waals surface area contributed by atoms with Gasteiger partial charge in [-0.05, 0) is 19.1 Å². The summed E-state index contributed by atoms with van der Waals surface area (Å²) >= 11 is 1.43. The Morgan fingerprint density at radius 2 is 1.88 bits per heavy atom. The van der Waals surface area contributed by atoms with E-state index in [1.54, 1.807) is 0 Å². The topological polar surface area (TPSA) is 62.0 Å². The molecule has 0 fully saturated rings. The Morgan fingerprint density at radius 3 is 2.62 bits per heavy atom. The first kappa shape index (κ1) is 16.7. The molecule has 0 saturated carbocycles. The Labute approximate surface area is 154 Å². The van der Waals surface area contributed by atoms with Crippen LogP contribution in [0.15, 0.2) is 41.4 Å². The number of rotatable bonds is 3. The van der Waals surface area contributed by atoms with Crippen LogP contribution in [0.3, 0.4) is 0 Å². The van der Waals surface area contributed by atoms with Crippen LogP contribution < -0.4 is 19.0 Å². The fourth-order valence-electron chi connectivity index (χ4n) is 2.69. The number of amides is 1. The van der Waals surface area contributed by atoms with Crippen LogP contribution in [0.4, 0.5) is 0 Å². The number of fused-ring (bicyclic) bond motifs is 2. The van der Waals surface area contributed by atoms with Gasteiger partial charge in [-0.2, -0.15) is 4.99 Å². The number of hydrogen-bond acceptors (Lipinski definition) is 5. The molecular weight excluding hydrogens is 352 g/mol. The van der Waals surface area contributed by atoms with Gasteiger partial charge in [0.1, 0.15) is 19.0 Å². The number of carbonyl (C=O) groups excluding carboxylic acids is 1. The van der Waals surface area contributed by atoms with Gasteiger partial charge in [-0.15, -0.1) is 0 Å². The van der Waals surface area contributed by atoms with Crippen molar-refractivity contribution < 1.29 is 19.0 Å². The Bertz CT molecular complexity index is 1030. The highest BCUT2D eigenvalue weighted by molar-refractivity contribution is 7.16. The molecule has 4 rings (SSSR count). The highest BCUT2D eigenvalue weighted by atomic mass is 32.1. The molecule has 134 valence electrons. The SMILES string of the molecule is Cc1ccc(OCC(=O)N=c2sc3cc4c(cc3n2C)OCCO4)cc1. The number of thiazole rings is 1. The maximum Gasteiger partial charge on any atom is 0.286 e. The molecule has 0 bridgehead atoms. The monoisotopic (exact) mass is 370 g/mol. The van der Waals surface area contributed by atoms with E-state index in [4.69, 9.17) is 14.2 Å². The molecule has 0 N–H and O–H groups in total. The van der Waals surface area contributed by atoms with Gasteiger partial charge in [0.25, 0.3) is 5.91 Å². The number of carbonyl (C=O) groups is 1. The largest absolute Gasteiger partial charge is 0.486 e. The minimum absolute atomic E-state index is 0.0972. The first-order valence-corrected chi connectivity index (χ1v) is 9.08. The summed E-state index contributed by atoms with van der Waals surface area (Å²) in [7, 11) is 1.88. The van der Waals surface area contributed by atoms with Crippen molar-refractivity contribution in [3.8, 4) is 17.2 Å². The third-order valence-corrected chi connectivity index (χ3v) is 5.17. The van der Waals surface area contributed by atoms with Gasteiger partial charge < -0.3 is 18.8 Å². The smallest absolute Gasteiger partial charge is 0.286 e. The van der Waals surface area contributed by atoms with E-state index in [1.807, 2.05) is 54.9 Å². The minimum atomic E-state index is -0.329. The zero-order valence-electron chi connectivity index (χ0n) is 14.5. The molecule has 0 saturated heterocycles. The van der Waals surface area contributed by atoms with Crippen LogP contribution in [0.25, 0.3) is 10.2 Å². The average Bonchev–Trinajstić information content (AvgIpc) is 2.94. The molecule has 26 heavy (non-hydrogen) atoms.